The molecule has 0 unspecified atom stereocenters. The van der Waals surface area contributed by atoms with Gasteiger partial charge in [-0.15, -0.1) is 0 Å². The summed E-state index contributed by atoms with van der Waals surface area (Å²) in [7, 11) is 0. The lowest BCUT2D eigenvalue weighted by Crippen LogP contribution is -2.43. The van der Waals surface area contributed by atoms with Crippen molar-refractivity contribution in [3.63, 3.8) is 0 Å². The third kappa shape index (κ3) is 5.35. The summed E-state index contributed by atoms with van der Waals surface area (Å²) in [5.74, 6) is 0.708. The first-order valence-electron chi connectivity index (χ1n) is 11.5. The summed E-state index contributed by atoms with van der Waals surface area (Å²) in [6.07, 6.45) is 4.99. The Bertz CT molecular complexity index is 1060. The van der Waals surface area contributed by atoms with Gasteiger partial charge in [0.05, 0.1) is 11.8 Å². The zero-order valence-corrected chi connectivity index (χ0v) is 18.7. The number of hydrogen-bond donors (Lipinski definition) is 3. The molecule has 1 aromatic carbocycles. The molecule has 0 aliphatic carbocycles. The van der Waals surface area contributed by atoms with Gasteiger partial charge in [0.2, 0.25) is 0 Å². The Labute approximate surface area is 183 Å². The maximum Gasteiger partial charge on any atom is 0.275 e. The Kier molecular flexibility index (Phi) is 7.04. The lowest BCUT2D eigenvalue weighted by atomic mass is 10.0. The summed E-state index contributed by atoms with van der Waals surface area (Å²) in [5.41, 5.74) is 5.21. The number of imidazole rings is 1. The van der Waals surface area contributed by atoms with Crippen LogP contribution in [0.5, 0.6) is 0 Å². The number of fused-ring (bicyclic) bond motifs is 1. The molecule has 0 spiro atoms. The molecule has 4 rings (SSSR count). The number of aromatic nitrogens is 3. The first-order chi connectivity index (χ1) is 15.1. The SMILES string of the molecule is CCc1cc(CNc2cc3ncn(CCCCN4CCNCC4)c3c(=O)[nH]2)ccc1C. The largest absolute Gasteiger partial charge is 0.367 e. The predicted octanol–water partition coefficient (Wildman–Crippen LogP) is 2.89. The molecule has 1 aliphatic rings. The Hall–Kier alpha value is -2.64. The smallest absolute Gasteiger partial charge is 0.275 e. The molecule has 0 amide bonds. The van der Waals surface area contributed by atoms with Gasteiger partial charge < -0.3 is 25.1 Å². The molecule has 3 aromatic rings. The molecular weight excluding hydrogens is 388 g/mol. The topological polar surface area (TPSA) is 78.0 Å². The second kappa shape index (κ2) is 10.1. The van der Waals surface area contributed by atoms with E-state index in [0.29, 0.717) is 17.9 Å². The van der Waals surface area contributed by atoms with E-state index >= 15 is 0 Å². The van der Waals surface area contributed by atoms with Crippen LogP contribution in [0.15, 0.2) is 35.4 Å². The molecule has 0 atom stereocenters. The van der Waals surface area contributed by atoms with Crippen molar-refractivity contribution in [1.82, 2.24) is 24.8 Å². The molecule has 1 saturated heterocycles. The van der Waals surface area contributed by atoms with Crippen molar-refractivity contribution in [3.8, 4) is 0 Å². The maximum atomic E-state index is 12.7. The van der Waals surface area contributed by atoms with Gasteiger partial charge in [-0.3, -0.25) is 4.79 Å². The molecule has 3 N–H and O–H groups in total. The quantitative estimate of drug-likeness (QED) is 0.462. The minimum atomic E-state index is -0.0854. The van der Waals surface area contributed by atoms with E-state index in [1.807, 2.05) is 10.6 Å². The third-order valence-electron chi connectivity index (χ3n) is 6.22. The van der Waals surface area contributed by atoms with Crippen LogP contribution < -0.4 is 16.2 Å². The molecule has 7 heteroatoms. The van der Waals surface area contributed by atoms with Crippen LogP contribution in [-0.4, -0.2) is 52.2 Å². The van der Waals surface area contributed by atoms with Crippen LogP contribution in [0.1, 0.15) is 36.5 Å². The lowest BCUT2D eigenvalue weighted by molar-refractivity contribution is 0.235. The number of aryl methyl sites for hydroxylation is 3. The van der Waals surface area contributed by atoms with Crippen molar-refractivity contribution < 1.29 is 0 Å². The van der Waals surface area contributed by atoms with Crippen molar-refractivity contribution >= 4 is 16.9 Å². The second-order valence-electron chi connectivity index (χ2n) is 8.45. The molecule has 1 aliphatic heterocycles. The molecular formula is C24H34N6O. The highest BCUT2D eigenvalue weighted by molar-refractivity contribution is 5.77. The molecule has 0 bridgehead atoms. The van der Waals surface area contributed by atoms with Gasteiger partial charge in [-0.1, -0.05) is 25.1 Å². The van der Waals surface area contributed by atoms with E-state index in [1.165, 1.54) is 16.7 Å². The van der Waals surface area contributed by atoms with Crippen LogP contribution in [0.25, 0.3) is 11.0 Å². The van der Waals surface area contributed by atoms with Gasteiger partial charge in [0.15, 0.2) is 0 Å². The van der Waals surface area contributed by atoms with E-state index in [4.69, 9.17) is 0 Å². The standard InChI is InChI=1S/C24H34N6O/c1-3-20-14-19(7-6-18(20)2)16-26-22-15-21-23(24(31)28-22)30(17-27-21)11-5-4-10-29-12-8-25-9-13-29/h6-7,14-15,17,25H,3-5,8-13,16H2,1-2H3,(H2,26,28,31). The summed E-state index contributed by atoms with van der Waals surface area (Å²) < 4.78 is 1.99. The van der Waals surface area contributed by atoms with Crippen molar-refractivity contribution in [3.05, 3.63) is 57.6 Å². The summed E-state index contributed by atoms with van der Waals surface area (Å²) in [5, 5.41) is 6.73. The number of hydrogen-bond acceptors (Lipinski definition) is 5. The average Bonchev–Trinajstić information content (AvgIpc) is 3.20. The highest BCUT2D eigenvalue weighted by Gasteiger charge is 2.11. The van der Waals surface area contributed by atoms with Crippen molar-refractivity contribution in [2.24, 2.45) is 0 Å². The molecule has 0 saturated carbocycles. The highest BCUT2D eigenvalue weighted by Crippen LogP contribution is 2.16. The highest BCUT2D eigenvalue weighted by atomic mass is 16.1. The van der Waals surface area contributed by atoms with Crippen LogP contribution in [0.4, 0.5) is 5.82 Å². The zero-order valence-electron chi connectivity index (χ0n) is 18.7. The fraction of sp³-hybridized carbons (Fsp3) is 0.500. The number of unbranched alkanes of at least 4 members (excludes halogenated alkanes) is 1. The van der Waals surface area contributed by atoms with Gasteiger partial charge in [-0.25, -0.2) is 4.98 Å². The summed E-state index contributed by atoms with van der Waals surface area (Å²) in [6, 6.07) is 8.45. The van der Waals surface area contributed by atoms with Gasteiger partial charge in [-0.05, 0) is 49.4 Å². The van der Waals surface area contributed by atoms with E-state index < -0.39 is 0 Å². The van der Waals surface area contributed by atoms with Gasteiger partial charge in [0.25, 0.3) is 5.56 Å². The molecule has 31 heavy (non-hydrogen) atoms. The minimum Gasteiger partial charge on any atom is -0.367 e. The monoisotopic (exact) mass is 422 g/mol. The van der Waals surface area contributed by atoms with Gasteiger partial charge >= 0.3 is 0 Å². The van der Waals surface area contributed by atoms with E-state index in [2.05, 4.69) is 57.5 Å². The fourth-order valence-corrected chi connectivity index (χ4v) is 4.33. The van der Waals surface area contributed by atoms with Crippen LogP contribution >= 0.6 is 0 Å². The Morgan fingerprint density at radius 2 is 1.94 bits per heavy atom. The normalized spacial score (nSPS) is 14.9. The second-order valence-corrected chi connectivity index (χ2v) is 8.45. The number of pyridine rings is 1. The van der Waals surface area contributed by atoms with E-state index in [1.54, 1.807) is 6.33 Å². The number of nitrogens with one attached hydrogen (secondary N) is 3. The molecule has 1 fully saturated rings. The van der Waals surface area contributed by atoms with Gasteiger partial charge in [0, 0.05) is 45.3 Å². The van der Waals surface area contributed by atoms with E-state index in [9.17, 15) is 4.79 Å². The fourth-order valence-electron chi connectivity index (χ4n) is 4.33. The Morgan fingerprint density at radius 3 is 2.74 bits per heavy atom. The number of H-pyrrole nitrogens is 1. The van der Waals surface area contributed by atoms with E-state index in [-0.39, 0.29) is 5.56 Å². The number of aromatic amines is 1. The third-order valence-corrected chi connectivity index (χ3v) is 6.22. The lowest BCUT2D eigenvalue weighted by Gasteiger charge is -2.27. The molecule has 3 heterocycles. The zero-order chi connectivity index (χ0) is 21.6. The van der Waals surface area contributed by atoms with Crippen LogP contribution in [0.2, 0.25) is 0 Å². The van der Waals surface area contributed by atoms with Crippen LogP contribution in [-0.2, 0) is 19.5 Å². The first kappa shape index (κ1) is 21.6. The van der Waals surface area contributed by atoms with Gasteiger partial charge in [-0.2, -0.15) is 0 Å². The van der Waals surface area contributed by atoms with Gasteiger partial charge in [0.1, 0.15) is 11.3 Å². The Morgan fingerprint density at radius 1 is 1.13 bits per heavy atom. The van der Waals surface area contributed by atoms with Crippen molar-refractivity contribution in [1.29, 1.82) is 0 Å². The maximum absolute atomic E-state index is 12.7. The number of piperazine rings is 1. The first-order valence-corrected chi connectivity index (χ1v) is 11.5. The van der Waals surface area contributed by atoms with Crippen molar-refractivity contribution in [2.45, 2.75) is 46.2 Å². The Balaban J connectivity index is 1.36. The van der Waals surface area contributed by atoms with Crippen LogP contribution in [0.3, 0.4) is 0 Å². The number of rotatable bonds is 9. The summed E-state index contributed by atoms with van der Waals surface area (Å²) in [4.78, 5) is 22.7. The average molecular weight is 423 g/mol. The molecule has 166 valence electrons. The predicted molar refractivity (Wildman–Crippen MR) is 127 cm³/mol. The minimum absolute atomic E-state index is 0.0854. The number of benzene rings is 1. The van der Waals surface area contributed by atoms with Crippen molar-refractivity contribution in [2.75, 3.05) is 38.0 Å². The summed E-state index contributed by atoms with van der Waals surface area (Å²) >= 11 is 0. The number of nitrogens with zero attached hydrogens (tertiary/aromatic N) is 3. The molecule has 7 nitrogen and oxygen atoms in total. The van der Waals surface area contributed by atoms with Crippen LogP contribution in [0, 0.1) is 6.92 Å². The summed E-state index contributed by atoms with van der Waals surface area (Å²) in [6.45, 7) is 11.4. The molecule has 0 radical (unpaired) electrons. The van der Waals surface area contributed by atoms with E-state index in [0.717, 1.165) is 64.0 Å². The number of anilines is 1. The molecule has 2 aromatic heterocycles.